The molecule has 190 valence electrons. The molecule has 1 fully saturated rings. The van der Waals surface area contributed by atoms with E-state index in [9.17, 15) is 14.4 Å². The van der Waals surface area contributed by atoms with Crippen molar-refractivity contribution in [2.24, 2.45) is 0 Å². The molecule has 0 spiro atoms. The van der Waals surface area contributed by atoms with Gasteiger partial charge < -0.3 is 14.8 Å². The van der Waals surface area contributed by atoms with E-state index in [0.717, 1.165) is 39.7 Å². The third-order valence-corrected chi connectivity index (χ3v) is 6.59. The smallest absolute Gasteiger partial charge is 0.293 e. The predicted octanol–water partition coefficient (Wildman–Crippen LogP) is 5.74. The van der Waals surface area contributed by atoms with Crippen LogP contribution in [0, 0.1) is 20.8 Å². The van der Waals surface area contributed by atoms with Crippen molar-refractivity contribution in [3.05, 3.63) is 93.9 Å². The summed E-state index contributed by atoms with van der Waals surface area (Å²) in [6.45, 7) is 6.19. The highest BCUT2D eigenvalue weighted by molar-refractivity contribution is 8.18. The fourth-order valence-corrected chi connectivity index (χ4v) is 4.55. The number of nitrogens with one attached hydrogen (secondary N) is 1. The van der Waals surface area contributed by atoms with Crippen molar-refractivity contribution in [2.45, 2.75) is 20.8 Å². The first-order chi connectivity index (χ1) is 17.8. The topological polar surface area (TPSA) is 84.9 Å². The monoisotopic (exact) mass is 516 g/mol. The van der Waals surface area contributed by atoms with Crippen molar-refractivity contribution < 1.29 is 23.9 Å². The summed E-state index contributed by atoms with van der Waals surface area (Å²) < 4.78 is 11.2. The molecule has 0 radical (unpaired) electrons. The summed E-state index contributed by atoms with van der Waals surface area (Å²) in [7, 11) is 0. The van der Waals surface area contributed by atoms with E-state index in [1.165, 1.54) is 4.90 Å². The molecule has 0 aromatic heterocycles. The van der Waals surface area contributed by atoms with Crippen molar-refractivity contribution in [2.75, 3.05) is 25.1 Å². The Kier molecular flexibility index (Phi) is 8.30. The number of anilines is 1. The molecule has 0 unspecified atom stereocenters. The molecule has 8 heteroatoms. The maximum Gasteiger partial charge on any atom is 0.293 e. The Morgan fingerprint density at radius 1 is 0.892 bits per heavy atom. The second-order valence-electron chi connectivity index (χ2n) is 8.72. The highest BCUT2D eigenvalue weighted by atomic mass is 32.2. The molecule has 37 heavy (non-hydrogen) atoms. The average molecular weight is 517 g/mol. The molecule has 3 aromatic rings. The molecule has 0 bridgehead atoms. The lowest BCUT2D eigenvalue weighted by atomic mass is 10.1. The van der Waals surface area contributed by atoms with Gasteiger partial charge in [-0.15, -0.1) is 0 Å². The van der Waals surface area contributed by atoms with Gasteiger partial charge in [-0.1, -0.05) is 47.5 Å². The van der Waals surface area contributed by atoms with Crippen LogP contribution < -0.4 is 14.8 Å². The van der Waals surface area contributed by atoms with Crippen molar-refractivity contribution in [1.82, 2.24) is 4.90 Å². The van der Waals surface area contributed by atoms with Gasteiger partial charge in [0, 0.05) is 5.69 Å². The highest BCUT2D eigenvalue weighted by Gasteiger charge is 2.34. The maximum absolute atomic E-state index is 12.7. The van der Waals surface area contributed by atoms with E-state index in [0.29, 0.717) is 16.4 Å². The molecule has 7 nitrogen and oxygen atoms in total. The van der Waals surface area contributed by atoms with Crippen LogP contribution in [0.4, 0.5) is 10.5 Å². The van der Waals surface area contributed by atoms with Crippen LogP contribution >= 0.6 is 11.8 Å². The van der Waals surface area contributed by atoms with Crippen molar-refractivity contribution in [3.63, 3.8) is 0 Å². The minimum Gasteiger partial charge on any atom is -0.492 e. The first-order valence-corrected chi connectivity index (χ1v) is 12.6. The Morgan fingerprint density at radius 3 is 2.24 bits per heavy atom. The van der Waals surface area contributed by atoms with Crippen molar-refractivity contribution >= 4 is 40.6 Å². The Morgan fingerprint density at radius 2 is 1.54 bits per heavy atom. The molecule has 0 aliphatic carbocycles. The first-order valence-electron chi connectivity index (χ1n) is 11.8. The van der Waals surface area contributed by atoms with E-state index in [1.54, 1.807) is 30.3 Å². The van der Waals surface area contributed by atoms with E-state index in [1.807, 2.05) is 63.2 Å². The van der Waals surface area contributed by atoms with Crippen molar-refractivity contribution in [1.29, 1.82) is 0 Å². The Labute approximate surface area is 220 Å². The SMILES string of the molecule is Cc1ccc(OCCN2C(=O)S/C(=C\c3ccc(OCC(=O)Nc4ccc(C)cc4C)cc3)C2=O)cc1. The maximum atomic E-state index is 12.7. The number of hydrogen-bond acceptors (Lipinski definition) is 6. The fraction of sp³-hybridized carbons (Fsp3) is 0.207. The lowest BCUT2D eigenvalue weighted by molar-refractivity contribution is -0.123. The molecular weight excluding hydrogens is 488 g/mol. The molecule has 1 heterocycles. The highest BCUT2D eigenvalue weighted by Crippen LogP contribution is 2.32. The number of aryl methyl sites for hydroxylation is 3. The molecular formula is C29H28N2O5S. The van der Waals surface area contributed by atoms with Gasteiger partial charge in [-0.2, -0.15) is 0 Å². The van der Waals surface area contributed by atoms with Crippen LogP contribution in [0.1, 0.15) is 22.3 Å². The average Bonchev–Trinajstić information content (AvgIpc) is 3.14. The van der Waals surface area contributed by atoms with Gasteiger partial charge in [-0.25, -0.2) is 0 Å². The summed E-state index contributed by atoms with van der Waals surface area (Å²) in [6, 6.07) is 20.4. The second-order valence-corrected chi connectivity index (χ2v) is 9.71. The standard InChI is InChI=1S/C29H28N2O5S/c1-19-4-9-23(10-5-19)35-15-14-31-28(33)26(37-29(31)34)17-22-7-11-24(12-8-22)36-18-27(32)30-25-13-6-20(2)16-21(25)3/h4-13,16-17H,14-15,18H2,1-3H3,(H,30,32)/b26-17-. The molecule has 0 saturated carbocycles. The van der Waals surface area contributed by atoms with E-state index in [2.05, 4.69) is 5.32 Å². The van der Waals surface area contributed by atoms with E-state index < -0.39 is 0 Å². The number of nitrogens with zero attached hydrogens (tertiary/aromatic N) is 1. The number of rotatable bonds is 9. The lowest BCUT2D eigenvalue weighted by Gasteiger charge is -2.13. The fourth-order valence-electron chi connectivity index (χ4n) is 3.68. The van der Waals surface area contributed by atoms with E-state index in [4.69, 9.17) is 9.47 Å². The quantitative estimate of drug-likeness (QED) is 0.365. The number of thioether (sulfide) groups is 1. The summed E-state index contributed by atoms with van der Waals surface area (Å²) in [4.78, 5) is 38.9. The third-order valence-electron chi connectivity index (χ3n) is 5.68. The molecule has 4 rings (SSSR count). The number of amides is 3. The zero-order valence-corrected chi connectivity index (χ0v) is 21.8. The molecule has 3 aromatic carbocycles. The normalized spacial score (nSPS) is 14.2. The Bertz CT molecular complexity index is 1330. The largest absolute Gasteiger partial charge is 0.492 e. The van der Waals surface area contributed by atoms with Crippen LogP contribution in [0.25, 0.3) is 6.08 Å². The summed E-state index contributed by atoms with van der Waals surface area (Å²) in [5, 5.41) is 2.53. The van der Waals surface area contributed by atoms with Gasteiger partial charge in [0.25, 0.3) is 17.1 Å². The third kappa shape index (κ3) is 7.01. The minimum atomic E-state index is -0.342. The van der Waals surface area contributed by atoms with Gasteiger partial charge in [0.05, 0.1) is 11.4 Å². The molecule has 1 aliphatic heterocycles. The Hall–Kier alpha value is -4.04. The van der Waals surface area contributed by atoms with Gasteiger partial charge in [-0.05, 0) is 80.1 Å². The number of carbonyl (C=O) groups is 3. The van der Waals surface area contributed by atoms with Gasteiger partial charge in [0.2, 0.25) is 0 Å². The second kappa shape index (κ2) is 11.8. The van der Waals surface area contributed by atoms with Gasteiger partial charge in [0.1, 0.15) is 18.1 Å². The van der Waals surface area contributed by atoms with Crippen LogP contribution in [-0.2, 0) is 9.59 Å². The predicted molar refractivity (Wildman–Crippen MR) is 146 cm³/mol. The number of hydrogen-bond donors (Lipinski definition) is 1. The number of ether oxygens (including phenoxy) is 2. The van der Waals surface area contributed by atoms with Crippen LogP contribution in [-0.4, -0.2) is 41.7 Å². The molecule has 1 saturated heterocycles. The Balaban J connectivity index is 1.28. The van der Waals surface area contributed by atoms with Crippen LogP contribution in [0.15, 0.2) is 71.6 Å². The van der Waals surface area contributed by atoms with Crippen LogP contribution in [0.2, 0.25) is 0 Å². The summed E-state index contributed by atoms with van der Waals surface area (Å²) >= 11 is 0.905. The van der Waals surface area contributed by atoms with Gasteiger partial charge in [-0.3, -0.25) is 19.3 Å². The summed E-state index contributed by atoms with van der Waals surface area (Å²) in [6.07, 6.45) is 1.67. The summed E-state index contributed by atoms with van der Waals surface area (Å²) in [5.74, 6) is 0.620. The molecule has 1 N–H and O–H groups in total. The first kappa shape index (κ1) is 26.0. The van der Waals surface area contributed by atoms with Crippen LogP contribution in [0.3, 0.4) is 0 Å². The number of benzene rings is 3. The van der Waals surface area contributed by atoms with E-state index in [-0.39, 0.29) is 36.8 Å². The molecule has 1 aliphatic rings. The number of carbonyl (C=O) groups excluding carboxylic acids is 3. The van der Waals surface area contributed by atoms with Gasteiger partial charge >= 0.3 is 0 Å². The van der Waals surface area contributed by atoms with Gasteiger partial charge in [0.15, 0.2) is 6.61 Å². The van der Waals surface area contributed by atoms with Crippen LogP contribution in [0.5, 0.6) is 11.5 Å². The zero-order valence-electron chi connectivity index (χ0n) is 20.9. The lowest BCUT2D eigenvalue weighted by Crippen LogP contribution is -2.32. The van der Waals surface area contributed by atoms with E-state index >= 15 is 0 Å². The number of imide groups is 1. The van der Waals surface area contributed by atoms with Crippen molar-refractivity contribution in [3.8, 4) is 11.5 Å². The molecule has 0 atom stereocenters. The zero-order chi connectivity index (χ0) is 26.4. The summed E-state index contributed by atoms with van der Waals surface area (Å²) in [5.41, 5.74) is 4.74. The molecule has 3 amide bonds. The minimum absolute atomic E-state index is 0.129.